The molecule has 8 heteroatoms. The fraction of sp³-hybridized carbons (Fsp3) is 0.136. The van der Waals surface area contributed by atoms with Crippen LogP contribution in [0.25, 0.3) is 5.69 Å². The molecule has 6 nitrogen and oxygen atoms in total. The van der Waals surface area contributed by atoms with Crippen molar-refractivity contribution in [3.8, 4) is 5.69 Å². The third-order valence-corrected chi connectivity index (χ3v) is 5.47. The number of nitrogens with one attached hydrogen (secondary N) is 1. The Morgan fingerprint density at radius 3 is 2.57 bits per heavy atom. The number of hydrogen-bond acceptors (Lipinski definition) is 3. The zero-order chi connectivity index (χ0) is 21.3. The maximum atomic E-state index is 13.1. The predicted molar refractivity (Wildman–Crippen MR) is 121 cm³/mol. The van der Waals surface area contributed by atoms with Crippen LogP contribution < -0.4 is 5.32 Å². The summed E-state index contributed by atoms with van der Waals surface area (Å²) >= 11 is 10.0. The van der Waals surface area contributed by atoms with Crippen LogP contribution in [0.5, 0.6) is 0 Å². The molecule has 0 fully saturated rings. The van der Waals surface area contributed by atoms with E-state index in [-0.39, 0.29) is 5.91 Å². The first-order valence-corrected chi connectivity index (χ1v) is 10.5. The van der Waals surface area contributed by atoms with Crippen molar-refractivity contribution in [2.24, 2.45) is 0 Å². The van der Waals surface area contributed by atoms with Crippen LogP contribution in [0, 0.1) is 13.8 Å². The second-order valence-electron chi connectivity index (χ2n) is 6.91. The fourth-order valence-electron chi connectivity index (χ4n) is 3.24. The minimum atomic E-state index is -0.326. The van der Waals surface area contributed by atoms with Gasteiger partial charge in [0.05, 0.1) is 29.2 Å². The number of carbonyl (C=O) groups is 1. The van der Waals surface area contributed by atoms with Crippen molar-refractivity contribution < 1.29 is 4.79 Å². The van der Waals surface area contributed by atoms with Crippen LogP contribution >= 0.6 is 27.5 Å². The Bertz CT molecular complexity index is 1220. The molecule has 0 saturated carbocycles. The van der Waals surface area contributed by atoms with Crippen LogP contribution in [0.4, 0.5) is 5.82 Å². The molecule has 2 aromatic heterocycles. The number of nitrogens with zero attached hydrogens (tertiary/aromatic N) is 4. The highest BCUT2D eigenvalue weighted by atomic mass is 79.9. The smallest absolute Gasteiger partial charge is 0.261 e. The molecule has 0 spiro atoms. The van der Waals surface area contributed by atoms with Gasteiger partial charge < -0.3 is 5.32 Å². The number of aromatic nitrogens is 4. The maximum Gasteiger partial charge on any atom is 0.261 e. The highest BCUT2D eigenvalue weighted by molar-refractivity contribution is 9.10. The van der Waals surface area contributed by atoms with Gasteiger partial charge in [0.2, 0.25) is 0 Å². The lowest BCUT2D eigenvalue weighted by molar-refractivity contribution is 0.102. The first kappa shape index (κ1) is 20.4. The zero-order valence-corrected chi connectivity index (χ0v) is 18.8. The van der Waals surface area contributed by atoms with Crippen molar-refractivity contribution in [2.75, 3.05) is 5.32 Å². The average Bonchev–Trinajstić information content (AvgIpc) is 3.21. The van der Waals surface area contributed by atoms with E-state index in [1.165, 1.54) is 0 Å². The quantitative estimate of drug-likeness (QED) is 0.412. The molecular formula is C22H19BrClN5O. The van der Waals surface area contributed by atoms with E-state index in [4.69, 9.17) is 11.6 Å². The lowest BCUT2D eigenvalue weighted by Crippen LogP contribution is -2.16. The molecule has 0 aliphatic heterocycles. The average molecular weight is 485 g/mol. The maximum absolute atomic E-state index is 13.1. The monoisotopic (exact) mass is 483 g/mol. The largest absolute Gasteiger partial charge is 0.306 e. The van der Waals surface area contributed by atoms with E-state index in [1.807, 2.05) is 67.6 Å². The number of halogens is 2. The minimum absolute atomic E-state index is 0.305. The second kappa shape index (κ2) is 8.45. The molecule has 0 bridgehead atoms. The summed E-state index contributed by atoms with van der Waals surface area (Å²) in [6.45, 7) is 4.14. The van der Waals surface area contributed by atoms with Crippen molar-refractivity contribution in [1.82, 2.24) is 19.6 Å². The van der Waals surface area contributed by atoms with Gasteiger partial charge >= 0.3 is 0 Å². The lowest BCUT2D eigenvalue weighted by atomic mass is 10.2. The topological polar surface area (TPSA) is 64.7 Å². The summed E-state index contributed by atoms with van der Waals surface area (Å²) in [4.78, 5) is 13.1. The molecule has 0 unspecified atom stereocenters. The molecule has 30 heavy (non-hydrogen) atoms. The third-order valence-electron chi connectivity index (χ3n) is 4.59. The van der Waals surface area contributed by atoms with Gasteiger partial charge in [-0.3, -0.25) is 4.79 Å². The molecular weight excluding hydrogens is 466 g/mol. The van der Waals surface area contributed by atoms with Gasteiger partial charge in [0, 0.05) is 10.5 Å². The fourth-order valence-corrected chi connectivity index (χ4v) is 3.95. The first-order chi connectivity index (χ1) is 14.4. The highest BCUT2D eigenvalue weighted by Gasteiger charge is 2.22. The number of carbonyl (C=O) groups excluding carboxylic acids is 1. The van der Waals surface area contributed by atoms with Crippen LogP contribution in [-0.4, -0.2) is 25.5 Å². The summed E-state index contributed by atoms with van der Waals surface area (Å²) in [6.07, 6.45) is 0. The number of rotatable bonds is 5. The molecule has 0 aliphatic carbocycles. The molecule has 1 N–H and O–H groups in total. The molecule has 0 atom stereocenters. The Hall–Kier alpha value is -2.90. The molecule has 0 saturated heterocycles. The van der Waals surface area contributed by atoms with Crippen molar-refractivity contribution in [3.63, 3.8) is 0 Å². The minimum Gasteiger partial charge on any atom is -0.306 e. The molecule has 4 aromatic rings. The summed E-state index contributed by atoms with van der Waals surface area (Å²) in [5.74, 6) is 0.231. The summed E-state index contributed by atoms with van der Waals surface area (Å²) < 4.78 is 4.25. The van der Waals surface area contributed by atoms with E-state index >= 15 is 0 Å². The number of benzene rings is 2. The van der Waals surface area contributed by atoms with E-state index in [1.54, 1.807) is 16.3 Å². The van der Waals surface area contributed by atoms with Gasteiger partial charge in [-0.2, -0.15) is 10.2 Å². The Balaban J connectivity index is 1.63. The zero-order valence-electron chi connectivity index (χ0n) is 16.4. The normalized spacial score (nSPS) is 10.9. The second-order valence-corrected chi connectivity index (χ2v) is 8.18. The van der Waals surface area contributed by atoms with E-state index in [2.05, 4.69) is 31.4 Å². The van der Waals surface area contributed by atoms with Gasteiger partial charge in [0.25, 0.3) is 5.91 Å². The van der Waals surface area contributed by atoms with E-state index < -0.39 is 0 Å². The number of aryl methyl sites for hydroxylation is 2. The van der Waals surface area contributed by atoms with Crippen LogP contribution in [0.1, 0.15) is 27.3 Å². The summed E-state index contributed by atoms with van der Waals surface area (Å²) in [5.41, 5.74) is 3.59. The summed E-state index contributed by atoms with van der Waals surface area (Å²) in [6, 6.07) is 19.4. The molecule has 2 heterocycles. The van der Waals surface area contributed by atoms with Crippen LogP contribution in [0.2, 0.25) is 5.15 Å². The van der Waals surface area contributed by atoms with Crippen molar-refractivity contribution >= 4 is 39.3 Å². The Labute approximate surface area is 187 Å². The molecule has 2 aromatic carbocycles. The predicted octanol–water partition coefficient (Wildman–Crippen LogP) is 5.40. The van der Waals surface area contributed by atoms with Crippen molar-refractivity contribution in [2.45, 2.75) is 20.4 Å². The van der Waals surface area contributed by atoms with Crippen molar-refractivity contribution in [1.29, 1.82) is 0 Å². The highest BCUT2D eigenvalue weighted by Crippen LogP contribution is 2.24. The van der Waals surface area contributed by atoms with E-state index in [0.717, 1.165) is 21.4 Å². The van der Waals surface area contributed by atoms with Crippen LogP contribution in [-0.2, 0) is 6.54 Å². The standard InChI is InChI=1S/C22H19BrClN5O/c1-14-11-19(29(26-14)18-10-6-9-17(23)12-18)25-22(30)20-15(2)27-28(21(20)24)13-16-7-4-3-5-8-16/h3-12H,13H2,1-2H3,(H,25,30). The molecule has 0 radical (unpaired) electrons. The number of hydrogen-bond donors (Lipinski definition) is 1. The van der Waals surface area contributed by atoms with Gasteiger partial charge in [-0.15, -0.1) is 0 Å². The summed E-state index contributed by atoms with van der Waals surface area (Å²) in [7, 11) is 0. The number of anilines is 1. The van der Waals surface area contributed by atoms with Crippen molar-refractivity contribution in [3.05, 3.63) is 92.8 Å². The Kier molecular flexibility index (Phi) is 5.74. The van der Waals surface area contributed by atoms with Crippen LogP contribution in [0.15, 0.2) is 65.1 Å². The summed E-state index contributed by atoms with van der Waals surface area (Å²) in [5, 5.41) is 12.2. The van der Waals surface area contributed by atoms with Gasteiger partial charge in [-0.25, -0.2) is 9.36 Å². The molecule has 0 aliphatic rings. The Morgan fingerprint density at radius 1 is 1.07 bits per heavy atom. The van der Waals surface area contributed by atoms with E-state index in [0.29, 0.717) is 28.8 Å². The van der Waals surface area contributed by atoms with Gasteiger partial charge in [-0.1, -0.05) is 63.9 Å². The van der Waals surface area contributed by atoms with Gasteiger partial charge in [0.15, 0.2) is 0 Å². The molecule has 4 rings (SSSR count). The first-order valence-electron chi connectivity index (χ1n) is 9.33. The Morgan fingerprint density at radius 2 is 1.83 bits per heavy atom. The molecule has 152 valence electrons. The SMILES string of the molecule is Cc1cc(NC(=O)c2c(C)nn(Cc3ccccc3)c2Cl)n(-c2cccc(Br)c2)n1. The number of amides is 1. The molecule has 1 amide bonds. The van der Waals surface area contributed by atoms with E-state index in [9.17, 15) is 4.79 Å². The third kappa shape index (κ3) is 4.17. The van der Waals surface area contributed by atoms with Crippen LogP contribution in [0.3, 0.4) is 0 Å². The van der Waals surface area contributed by atoms with Gasteiger partial charge in [-0.05, 0) is 37.6 Å². The van der Waals surface area contributed by atoms with Gasteiger partial charge in [0.1, 0.15) is 11.0 Å². The lowest BCUT2D eigenvalue weighted by Gasteiger charge is -2.09.